The monoisotopic (exact) mass is 278 g/mol. The minimum Gasteiger partial charge on any atom is -0.482 e. The van der Waals surface area contributed by atoms with Crippen molar-refractivity contribution in [3.8, 4) is 5.75 Å². The molecule has 1 aromatic carbocycles. The summed E-state index contributed by atoms with van der Waals surface area (Å²) in [6.07, 6.45) is 0. The van der Waals surface area contributed by atoms with Crippen LogP contribution in [0.5, 0.6) is 5.75 Å². The molecule has 2 heterocycles. The molecule has 108 valence electrons. The molecule has 0 bridgehead atoms. The Morgan fingerprint density at radius 3 is 2.55 bits per heavy atom. The van der Waals surface area contributed by atoms with Crippen LogP contribution in [-0.4, -0.2) is 49.5 Å². The molecule has 0 unspecified atom stereocenters. The van der Waals surface area contributed by atoms with Crippen LogP contribution in [0.25, 0.3) is 0 Å². The number of ether oxygens (including phenoxy) is 1. The molecule has 2 aliphatic rings. The Kier molecular flexibility index (Phi) is 3.38. The predicted molar refractivity (Wildman–Crippen MR) is 75.1 cm³/mol. The van der Waals surface area contributed by atoms with Crippen molar-refractivity contribution in [3.05, 3.63) is 23.5 Å². The van der Waals surface area contributed by atoms with Crippen molar-refractivity contribution in [2.24, 2.45) is 0 Å². The second kappa shape index (κ2) is 5.05. The van der Waals surface area contributed by atoms with Crippen LogP contribution in [-0.2, 0) is 0 Å². The average Bonchev–Trinajstić information content (AvgIpc) is 2.80. The van der Waals surface area contributed by atoms with Gasteiger partial charge in [0, 0.05) is 38.3 Å². The lowest BCUT2D eigenvalue weighted by Gasteiger charge is -2.38. The Labute approximate surface area is 118 Å². The van der Waals surface area contributed by atoms with Gasteiger partial charge in [-0.2, -0.15) is 0 Å². The largest absolute Gasteiger partial charge is 0.482 e. The van der Waals surface area contributed by atoms with Crippen molar-refractivity contribution in [1.29, 1.82) is 0 Å². The zero-order chi connectivity index (χ0) is 14.3. The molecule has 1 aromatic rings. The van der Waals surface area contributed by atoms with Gasteiger partial charge in [-0.15, -0.1) is 0 Å². The molecule has 2 aliphatic heterocycles. The molecule has 1 saturated heterocycles. The van der Waals surface area contributed by atoms with Crippen LogP contribution < -0.4 is 9.64 Å². The van der Waals surface area contributed by atoms with Gasteiger partial charge in [0.1, 0.15) is 5.82 Å². The van der Waals surface area contributed by atoms with Gasteiger partial charge in [0.05, 0.1) is 11.3 Å². The number of fused-ring (bicyclic) bond motifs is 1. The molecule has 1 fully saturated rings. The fraction of sp³-hybridized carbons (Fsp3) is 0.533. The standard InChI is InChI=1S/C15H19FN2O2/c1-10(2)17-3-5-18(6-4-17)13-8-11(16)7-12-14(19)9-20-15(12)13/h7-8,10H,3-6,9H2,1-2H3. The van der Waals surface area contributed by atoms with E-state index in [2.05, 4.69) is 23.6 Å². The fourth-order valence-electron chi connectivity index (χ4n) is 2.87. The molecule has 4 nitrogen and oxygen atoms in total. The first-order valence-electron chi connectivity index (χ1n) is 7.05. The Balaban J connectivity index is 1.85. The summed E-state index contributed by atoms with van der Waals surface area (Å²) in [7, 11) is 0. The molecule has 0 aliphatic carbocycles. The number of hydrogen-bond acceptors (Lipinski definition) is 4. The van der Waals surface area contributed by atoms with Crippen molar-refractivity contribution < 1.29 is 13.9 Å². The lowest BCUT2D eigenvalue weighted by atomic mass is 10.1. The molecular weight excluding hydrogens is 259 g/mol. The number of carbonyl (C=O) groups excluding carboxylic acids is 1. The first-order valence-corrected chi connectivity index (χ1v) is 7.05. The van der Waals surface area contributed by atoms with Gasteiger partial charge in [-0.05, 0) is 19.9 Å². The average molecular weight is 278 g/mol. The van der Waals surface area contributed by atoms with Crippen LogP contribution >= 0.6 is 0 Å². The summed E-state index contributed by atoms with van der Waals surface area (Å²) < 4.78 is 19.2. The van der Waals surface area contributed by atoms with E-state index in [0.29, 0.717) is 23.0 Å². The minimum atomic E-state index is -0.371. The molecule has 20 heavy (non-hydrogen) atoms. The number of piperazine rings is 1. The zero-order valence-electron chi connectivity index (χ0n) is 11.9. The van der Waals surface area contributed by atoms with Crippen LogP contribution in [0.2, 0.25) is 0 Å². The maximum atomic E-state index is 13.7. The van der Waals surface area contributed by atoms with E-state index in [1.807, 2.05) is 0 Å². The van der Waals surface area contributed by atoms with Crippen molar-refractivity contribution in [3.63, 3.8) is 0 Å². The van der Waals surface area contributed by atoms with Crippen molar-refractivity contribution >= 4 is 11.5 Å². The Bertz CT molecular complexity index is 537. The van der Waals surface area contributed by atoms with E-state index in [9.17, 15) is 9.18 Å². The molecular formula is C15H19FN2O2. The maximum Gasteiger partial charge on any atom is 0.204 e. The number of benzene rings is 1. The van der Waals surface area contributed by atoms with E-state index in [-0.39, 0.29) is 18.2 Å². The Morgan fingerprint density at radius 1 is 1.20 bits per heavy atom. The number of rotatable bonds is 2. The van der Waals surface area contributed by atoms with Gasteiger partial charge >= 0.3 is 0 Å². The number of halogens is 1. The Morgan fingerprint density at radius 2 is 1.90 bits per heavy atom. The third-order valence-electron chi connectivity index (χ3n) is 4.07. The molecule has 3 rings (SSSR count). The molecule has 0 atom stereocenters. The molecule has 0 spiro atoms. The van der Waals surface area contributed by atoms with Gasteiger partial charge in [0.2, 0.25) is 5.78 Å². The summed E-state index contributed by atoms with van der Waals surface area (Å²) in [6, 6.07) is 3.27. The van der Waals surface area contributed by atoms with Crippen LogP contribution in [0.1, 0.15) is 24.2 Å². The number of anilines is 1. The van der Waals surface area contributed by atoms with Crippen molar-refractivity contribution in [1.82, 2.24) is 4.90 Å². The summed E-state index contributed by atoms with van der Waals surface area (Å²) in [5.41, 5.74) is 1.10. The van der Waals surface area contributed by atoms with E-state index in [4.69, 9.17) is 4.74 Å². The van der Waals surface area contributed by atoms with Gasteiger partial charge in [-0.25, -0.2) is 4.39 Å². The van der Waals surface area contributed by atoms with Crippen molar-refractivity contribution in [2.75, 3.05) is 37.7 Å². The van der Waals surface area contributed by atoms with E-state index in [1.165, 1.54) is 12.1 Å². The van der Waals surface area contributed by atoms with Gasteiger partial charge in [0.25, 0.3) is 0 Å². The van der Waals surface area contributed by atoms with Gasteiger partial charge in [-0.1, -0.05) is 0 Å². The summed E-state index contributed by atoms with van der Waals surface area (Å²) in [5.74, 6) is 0.0415. The zero-order valence-corrected chi connectivity index (χ0v) is 11.9. The number of hydrogen-bond donors (Lipinski definition) is 0. The van der Waals surface area contributed by atoms with E-state index in [0.717, 1.165) is 26.2 Å². The minimum absolute atomic E-state index is 0.0255. The highest BCUT2D eigenvalue weighted by molar-refractivity contribution is 6.04. The van der Waals surface area contributed by atoms with Crippen LogP contribution in [0.4, 0.5) is 10.1 Å². The fourth-order valence-corrected chi connectivity index (χ4v) is 2.87. The highest BCUT2D eigenvalue weighted by atomic mass is 19.1. The van der Waals surface area contributed by atoms with Crippen molar-refractivity contribution in [2.45, 2.75) is 19.9 Å². The van der Waals surface area contributed by atoms with Gasteiger partial charge in [0.15, 0.2) is 12.4 Å². The molecule has 0 amide bonds. The molecule has 0 radical (unpaired) electrons. The third kappa shape index (κ3) is 2.26. The Hall–Kier alpha value is -1.62. The van der Waals surface area contributed by atoms with Gasteiger partial charge < -0.3 is 9.64 Å². The summed E-state index contributed by atoms with van der Waals surface area (Å²) in [6.45, 7) is 7.91. The normalized spacial score (nSPS) is 19.4. The van der Waals surface area contributed by atoms with Crippen LogP contribution in [0.3, 0.4) is 0 Å². The quantitative estimate of drug-likeness (QED) is 0.827. The van der Waals surface area contributed by atoms with Crippen LogP contribution in [0.15, 0.2) is 12.1 Å². The smallest absolute Gasteiger partial charge is 0.204 e. The van der Waals surface area contributed by atoms with E-state index >= 15 is 0 Å². The van der Waals surface area contributed by atoms with Crippen LogP contribution in [0, 0.1) is 5.82 Å². The topological polar surface area (TPSA) is 32.8 Å². The van der Waals surface area contributed by atoms with E-state index in [1.54, 1.807) is 0 Å². The molecule has 0 aromatic heterocycles. The number of Topliss-reactive ketones (excluding diaryl/α,β-unsaturated/α-hetero) is 1. The summed E-state index contributed by atoms with van der Waals surface area (Å²) in [4.78, 5) is 16.2. The predicted octanol–water partition coefficient (Wildman–Crippen LogP) is 1.93. The number of ketones is 1. The van der Waals surface area contributed by atoms with Gasteiger partial charge in [-0.3, -0.25) is 9.69 Å². The molecule has 0 N–H and O–H groups in total. The first kappa shape index (κ1) is 13.4. The number of carbonyl (C=O) groups is 1. The SMILES string of the molecule is CC(C)N1CCN(c2cc(F)cc3c2OCC3=O)CC1. The maximum absolute atomic E-state index is 13.7. The highest BCUT2D eigenvalue weighted by Gasteiger charge is 2.29. The lowest BCUT2D eigenvalue weighted by molar-refractivity contribution is 0.0961. The summed E-state index contributed by atoms with van der Waals surface area (Å²) >= 11 is 0. The lowest BCUT2D eigenvalue weighted by Crippen LogP contribution is -2.49. The summed E-state index contributed by atoms with van der Waals surface area (Å²) in [5, 5.41) is 0. The third-order valence-corrected chi connectivity index (χ3v) is 4.07. The molecule has 5 heteroatoms. The second-order valence-electron chi connectivity index (χ2n) is 5.63. The molecule has 0 saturated carbocycles. The first-order chi connectivity index (χ1) is 9.56. The number of nitrogens with zero attached hydrogens (tertiary/aromatic N) is 2. The van der Waals surface area contributed by atoms with E-state index < -0.39 is 0 Å². The highest BCUT2D eigenvalue weighted by Crippen LogP contribution is 2.37. The second-order valence-corrected chi connectivity index (χ2v) is 5.63.